The molecule has 5 nitrogen and oxygen atoms in total. The number of carbonyl (C=O) groups excluding carboxylic acids is 2. The number of carbonyl (C=O) groups is 1. The van der Waals surface area contributed by atoms with Gasteiger partial charge in [0.1, 0.15) is 11.4 Å². The van der Waals surface area contributed by atoms with E-state index in [9.17, 15) is 9.59 Å². The van der Waals surface area contributed by atoms with Gasteiger partial charge in [0.05, 0.1) is 7.11 Å². The second-order valence-corrected chi connectivity index (χ2v) is 3.84. The molecule has 1 amide bonds. The number of methoxy groups -OCH3 is 1. The Labute approximate surface area is 98.5 Å². The number of aliphatic imine (C=N–C) groups is 1. The fourth-order valence-corrected chi connectivity index (χ4v) is 1.46. The van der Waals surface area contributed by atoms with Crippen molar-refractivity contribution in [2.75, 3.05) is 7.11 Å². The first-order valence-electron chi connectivity index (χ1n) is 5.31. The highest BCUT2D eigenvalue weighted by molar-refractivity contribution is 5.95. The summed E-state index contributed by atoms with van der Waals surface area (Å²) < 4.78 is 5.02. The lowest BCUT2D eigenvalue weighted by atomic mass is 10.1. The molecule has 1 aliphatic rings. The molecule has 0 bridgehead atoms. The van der Waals surface area contributed by atoms with Crippen molar-refractivity contribution in [2.45, 2.75) is 18.9 Å². The van der Waals surface area contributed by atoms with Crippen molar-refractivity contribution in [3.8, 4) is 5.75 Å². The molecular formula is C12H12N2O3. The van der Waals surface area contributed by atoms with E-state index in [0.29, 0.717) is 23.0 Å². The molecule has 0 aromatic heterocycles. The molecule has 2 rings (SSSR count). The van der Waals surface area contributed by atoms with Gasteiger partial charge in [-0.25, -0.2) is 4.79 Å². The number of nitrogens with zero attached hydrogens (tertiary/aromatic N) is 1. The number of hydrogen-bond donors (Lipinski definition) is 1. The van der Waals surface area contributed by atoms with Crippen molar-refractivity contribution in [1.82, 2.24) is 5.32 Å². The monoisotopic (exact) mass is 232 g/mol. The van der Waals surface area contributed by atoms with Crippen LogP contribution >= 0.6 is 0 Å². The summed E-state index contributed by atoms with van der Waals surface area (Å²) in [6, 6.07) is 5.06. The van der Waals surface area contributed by atoms with Crippen molar-refractivity contribution in [3.63, 3.8) is 0 Å². The molecule has 17 heavy (non-hydrogen) atoms. The highest BCUT2D eigenvalue weighted by Gasteiger charge is 2.24. The first-order chi connectivity index (χ1) is 8.24. The SMILES string of the molecule is COc1ccc(C(=O)NC2CC2)cc1N=C=O. The molecule has 0 radical (unpaired) electrons. The van der Waals surface area contributed by atoms with E-state index < -0.39 is 0 Å². The van der Waals surface area contributed by atoms with Gasteiger partial charge in [0.2, 0.25) is 6.08 Å². The van der Waals surface area contributed by atoms with Crippen molar-refractivity contribution in [3.05, 3.63) is 23.8 Å². The zero-order chi connectivity index (χ0) is 12.3. The average Bonchev–Trinajstić information content (AvgIpc) is 3.13. The van der Waals surface area contributed by atoms with Crippen LogP contribution in [0.3, 0.4) is 0 Å². The van der Waals surface area contributed by atoms with Gasteiger partial charge in [0.15, 0.2) is 0 Å². The van der Waals surface area contributed by atoms with Crippen molar-refractivity contribution >= 4 is 17.7 Å². The zero-order valence-electron chi connectivity index (χ0n) is 9.40. The smallest absolute Gasteiger partial charge is 0.251 e. The van der Waals surface area contributed by atoms with Crippen LogP contribution in [-0.4, -0.2) is 25.1 Å². The Morgan fingerprint density at radius 3 is 2.88 bits per heavy atom. The van der Waals surface area contributed by atoms with E-state index in [0.717, 1.165) is 12.8 Å². The van der Waals surface area contributed by atoms with E-state index in [2.05, 4.69) is 10.3 Å². The van der Waals surface area contributed by atoms with Gasteiger partial charge in [-0.3, -0.25) is 4.79 Å². The summed E-state index contributed by atoms with van der Waals surface area (Å²) >= 11 is 0. The van der Waals surface area contributed by atoms with E-state index in [1.54, 1.807) is 12.1 Å². The molecule has 1 aromatic rings. The van der Waals surface area contributed by atoms with Crippen LogP contribution in [0.25, 0.3) is 0 Å². The molecule has 88 valence electrons. The molecule has 0 saturated heterocycles. The quantitative estimate of drug-likeness (QED) is 0.632. The molecule has 0 aliphatic heterocycles. The maximum atomic E-state index is 11.8. The van der Waals surface area contributed by atoms with Crippen molar-refractivity contribution in [2.24, 2.45) is 4.99 Å². The first-order valence-corrected chi connectivity index (χ1v) is 5.31. The predicted molar refractivity (Wildman–Crippen MR) is 61.3 cm³/mol. The van der Waals surface area contributed by atoms with Crippen LogP contribution in [0.5, 0.6) is 5.75 Å². The number of nitrogens with one attached hydrogen (secondary N) is 1. The van der Waals surface area contributed by atoms with Crippen LogP contribution < -0.4 is 10.1 Å². The Morgan fingerprint density at radius 1 is 1.53 bits per heavy atom. The Kier molecular flexibility index (Phi) is 3.21. The second-order valence-electron chi connectivity index (χ2n) is 3.84. The minimum atomic E-state index is -0.155. The fourth-order valence-electron chi connectivity index (χ4n) is 1.46. The van der Waals surface area contributed by atoms with Gasteiger partial charge in [-0.05, 0) is 31.0 Å². The summed E-state index contributed by atoms with van der Waals surface area (Å²) in [7, 11) is 1.48. The highest BCUT2D eigenvalue weighted by atomic mass is 16.5. The van der Waals surface area contributed by atoms with E-state index in [-0.39, 0.29) is 5.91 Å². The highest BCUT2D eigenvalue weighted by Crippen LogP contribution is 2.28. The summed E-state index contributed by atoms with van der Waals surface area (Å²) in [4.78, 5) is 25.5. The predicted octanol–water partition coefficient (Wildman–Crippen LogP) is 1.55. The third kappa shape index (κ3) is 2.71. The number of rotatable bonds is 4. The molecule has 1 fully saturated rings. The number of isocyanates is 1. The van der Waals surface area contributed by atoms with Gasteiger partial charge >= 0.3 is 0 Å². The molecule has 0 spiro atoms. The summed E-state index contributed by atoms with van der Waals surface area (Å²) in [6.07, 6.45) is 3.50. The minimum absolute atomic E-state index is 0.155. The average molecular weight is 232 g/mol. The fraction of sp³-hybridized carbons (Fsp3) is 0.333. The maximum absolute atomic E-state index is 11.8. The van der Waals surface area contributed by atoms with Crippen LogP contribution in [0, 0.1) is 0 Å². The van der Waals surface area contributed by atoms with Crippen molar-refractivity contribution < 1.29 is 14.3 Å². The molecule has 0 atom stereocenters. The topological polar surface area (TPSA) is 67.8 Å². The van der Waals surface area contributed by atoms with Gasteiger partial charge in [0.25, 0.3) is 5.91 Å². The molecule has 0 unspecified atom stereocenters. The zero-order valence-corrected chi connectivity index (χ0v) is 9.40. The second kappa shape index (κ2) is 4.80. The molecule has 1 saturated carbocycles. The number of amides is 1. The maximum Gasteiger partial charge on any atom is 0.251 e. The molecule has 1 N–H and O–H groups in total. The summed E-state index contributed by atoms with van der Waals surface area (Å²) in [5.41, 5.74) is 0.776. The largest absolute Gasteiger partial charge is 0.494 e. The van der Waals surface area contributed by atoms with Crippen LogP contribution in [0.2, 0.25) is 0 Å². The standard InChI is InChI=1S/C12H12N2O3/c1-17-11-5-2-8(6-10(11)13-7-15)12(16)14-9-3-4-9/h2,5-6,9H,3-4H2,1H3,(H,14,16). The van der Waals surface area contributed by atoms with E-state index >= 15 is 0 Å². The molecule has 0 heterocycles. The third-order valence-electron chi connectivity index (χ3n) is 2.52. The van der Waals surface area contributed by atoms with Gasteiger partial charge < -0.3 is 10.1 Å². The third-order valence-corrected chi connectivity index (χ3v) is 2.52. The Bertz CT molecular complexity index is 489. The van der Waals surface area contributed by atoms with E-state index in [4.69, 9.17) is 4.74 Å². The summed E-state index contributed by atoms with van der Waals surface area (Å²) in [6.45, 7) is 0. The molecule has 1 aliphatic carbocycles. The van der Waals surface area contributed by atoms with Crippen LogP contribution in [-0.2, 0) is 4.79 Å². The lowest BCUT2D eigenvalue weighted by Crippen LogP contribution is -2.25. The summed E-state index contributed by atoms with van der Waals surface area (Å²) in [5, 5.41) is 2.86. The Balaban J connectivity index is 2.25. The molecular weight excluding hydrogens is 220 g/mol. The first kappa shape index (κ1) is 11.4. The normalized spacial score (nSPS) is 13.7. The molecule has 5 heteroatoms. The molecule has 1 aromatic carbocycles. The number of ether oxygens (including phenoxy) is 1. The summed E-state index contributed by atoms with van der Waals surface area (Å²) in [5.74, 6) is 0.286. The Hall–Kier alpha value is -2.13. The van der Waals surface area contributed by atoms with E-state index in [1.165, 1.54) is 19.3 Å². The van der Waals surface area contributed by atoms with Crippen LogP contribution in [0.15, 0.2) is 23.2 Å². The van der Waals surface area contributed by atoms with Crippen molar-refractivity contribution in [1.29, 1.82) is 0 Å². The Morgan fingerprint density at radius 2 is 2.29 bits per heavy atom. The number of hydrogen-bond acceptors (Lipinski definition) is 4. The minimum Gasteiger partial charge on any atom is -0.494 e. The van der Waals surface area contributed by atoms with Crippen LogP contribution in [0.4, 0.5) is 5.69 Å². The van der Waals surface area contributed by atoms with Crippen LogP contribution in [0.1, 0.15) is 23.2 Å². The van der Waals surface area contributed by atoms with Gasteiger partial charge in [-0.15, -0.1) is 0 Å². The van der Waals surface area contributed by atoms with E-state index in [1.807, 2.05) is 0 Å². The lowest BCUT2D eigenvalue weighted by molar-refractivity contribution is 0.0951. The van der Waals surface area contributed by atoms with Gasteiger partial charge in [0, 0.05) is 11.6 Å². The van der Waals surface area contributed by atoms with Gasteiger partial charge in [-0.2, -0.15) is 4.99 Å². The lowest BCUT2D eigenvalue weighted by Gasteiger charge is -2.06. The van der Waals surface area contributed by atoms with Gasteiger partial charge in [-0.1, -0.05) is 0 Å². The number of benzene rings is 1.